The van der Waals surface area contributed by atoms with E-state index in [9.17, 15) is 4.79 Å². The minimum Gasteiger partial charge on any atom is -0.376 e. The third-order valence-corrected chi connectivity index (χ3v) is 1.60. The third-order valence-electron chi connectivity index (χ3n) is 1.60. The van der Waals surface area contributed by atoms with Gasteiger partial charge in [0.25, 0.3) is 0 Å². The lowest BCUT2D eigenvalue weighted by atomic mass is 10.1. The lowest BCUT2D eigenvalue weighted by Gasteiger charge is -2.19. The molecule has 0 rings (SSSR count). The number of rotatable bonds is 6. The van der Waals surface area contributed by atoms with Crippen LogP contribution in [0, 0.1) is 0 Å². The molecule has 78 valence electrons. The Hall–Kier alpha value is -0.570. The van der Waals surface area contributed by atoms with Crippen molar-refractivity contribution in [2.75, 3.05) is 6.61 Å². The molecule has 2 N–H and O–H groups in total. The largest absolute Gasteiger partial charge is 0.376 e. The van der Waals surface area contributed by atoms with Crippen LogP contribution in [0.4, 0.5) is 0 Å². The summed E-state index contributed by atoms with van der Waals surface area (Å²) in [4.78, 5) is 10.4. The van der Waals surface area contributed by atoms with Crippen molar-refractivity contribution >= 4 is 5.91 Å². The summed E-state index contributed by atoms with van der Waals surface area (Å²) in [6.45, 7) is 6.88. The first-order valence-corrected chi connectivity index (χ1v) is 4.84. The summed E-state index contributed by atoms with van der Waals surface area (Å²) in [5.41, 5.74) is 4.95. The second kappa shape index (κ2) is 5.97. The molecule has 0 bridgehead atoms. The van der Waals surface area contributed by atoms with Gasteiger partial charge in [0.2, 0.25) is 5.91 Å². The molecule has 0 saturated heterocycles. The number of primary amides is 1. The molecule has 0 spiro atoms. The lowest BCUT2D eigenvalue weighted by molar-refractivity contribution is -0.118. The fourth-order valence-electron chi connectivity index (χ4n) is 0.956. The normalized spacial score (nSPS) is 11.6. The molecule has 0 radical (unpaired) electrons. The van der Waals surface area contributed by atoms with Crippen molar-refractivity contribution in [3.05, 3.63) is 0 Å². The molecule has 0 aliphatic heterocycles. The minimum absolute atomic E-state index is 0.0519. The summed E-state index contributed by atoms with van der Waals surface area (Å²) in [5.74, 6) is -0.211. The maximum Gasteiger partial charge on any atom is 0.217 e. The molecular formula is C10H21NO2. The molecule has 0 fully saturated rings. The molecule has 0 aromatic heterocycles. The van der Waals surface area contributed by atoms with E-state index in [1.807, 2.05) is 20.8 Å². The molecule has 0 atom stereocenters. The fraction of sp³-hybridized carbons (Fsp3) is 0.900. The molecule has 0 aromatic rings. The summed E-state index contributed by atoms with van der Waals surface area (Å²) in [7, 11) is 0. The molecule has 0 saturated carbocycles. The van der Waals surface area contributed by atoms with E-state index in [0.717, 1.165) is 25.9 Å². The zero-order valence-corrected chi connectivity index (χ0v) is 8.93. The van der Waals surface area contributed by atoms with Gasteiger partial charge in [-0.15, -0.1) is 0 Å². The molecule has 0 aromatic carbocycles. The highest BCUT2D eigenvalue weighted by molar-refractivity contribution is 5.73. The molecule has 0 aliphatic rings. The van der Waals surface area contributed by atoms with E-state index in [1.54, 1.807) is 0 Å². The number of hydrogen-bond acceptors (Lipinski definition) is 2. The highest BCUT2D eigenvalue weighted by Crippen LogP contribution is 2.08. The van der Waals surface area contributed by atoms with Crippen molar-refractivity contribution in [2.24, 2.45) is 5.73 Å². The summed E-state index contributed by atoms with van der Waals surface area (Å²) < 4.78 is 5.52. The van der Waals surface area contributed by atoms with E-state index in [1.165, 1.54) is 0 Å². The summed E-state index contributed by atoms with van der Waals surface area (Å²) in [5, 5.41) is 0. The monoisotopic (exact) mass is 187 g/mol. The zero-order valence-electron chi connectivity index (χ0n) is 8.93. The first-order chi connectivity index (χ1) is 5.92. The maximum absolute atomic E-state index is 10.4. The Morgan fingerprint density at radius 2 is 1.85 bits per heavy atom. The predicted octanol–water partition coefficient (Wildman–Crippen LogP) is 1.85. The molecule has 0 heterocycles. The number of ether oxygens (including phenoxy) is 1. The Morgan fingerprint density at radius 3 is 2.31 bits per heavy atom. The number of carbonyl (C=O) groups is 1. The van der Waals surface area contributed by atoms with Crippen LogP contribution in [-0.2, 0) is 9.53 Å². The Balaban J connectivity index is 3.13. The van der Waals surface area contributed by atoms with Crippen LogP contribution in [0.5, 0.6) is 0 Å². The van der Waals surface area contributed by atoms with E-state index in [0.29, 0.717) is 6.42 Å². The van der Waals surface area contributed by atoms with Crippen molar-refractivity contribution < 1.29 is 9.53 Å². The fourth-order valence-corrected chi connectivity index (χ4v) is 0.956. The van der Waals surface area contributed by atoms with E-state index in [4.69, 9.17) is 10.5 Å². The van der Waals surface area contributed by atoms with Crippen LogP contribution < -0.4 is 5.73 Å². The highest BCUT2D eigenvalue weighted by Gasteiger charge is 2.08. The van der Waals surface area contributed by atoms with Gasteiger partial charge in [-0.3, -0.25) is 4.79 Å². The quantitative estimate of drug-likeness (QED) is 0.645. The molecule has 3 heteroatoms. The average molecular weight is 187 g/mol. The van der Waals surface area contributed by atoms with Crippen LogP contribution in [0.2, 0.25) is 0 Å². The smallest absolute Gasteiger partial charge is 0.217 e. The van der Waals surface area contributed by atoms with Crippen molar-refractivity contribution in [1.29, 1.82) is 0 Å². The van der Waals surface area contributed by atoms with Gasteiger partial charge >= 0.3 is 0 Å². The summed E-state index contributed by atoms with van der Waals surface area (Å²) >= 11 is 0. The van der Waals surface area contributed by atoms with Crippen molar-refractivity contribution in [3.8, 4) is 0 Å². The van der Waals surface area contributed by atoms with Gasteiger partial charge in [-0.05, 0) is 33.6 Å². The van der Waals surface area contributed by atoms with Gasteiger partial charge in [0.1, 0.15) is 0 Å². The Bertz CT molecular complexity index is 149. The van der Waals surface area contributed by atoms with Crippen LogP contribution in [0.1, 0.15) is 46.5 Å². The zero-order chi connectivity index (χ0) is 10.3. The highest BCUT2D eigenvalue weighted by atomic mass is 16.5. The van der Waals surface area contributed by atoms with Gasteiger partial charge in [-0.1, -0.05) is 6.42 Å². The number of hydrogen-bond donors (Lipinski definition) is 1. The standard InChI is InChI=1S/C10H21NO2/c1-10(2,3)13-8-6-4-5-7-9(11)12/h4-8H2,1-3H3,(H2,11,12). The predicted molar refractivity (Wildman–Crippen MR) is 53.4 cm³/mol. The molecule has 0 aliphatic carbocycles. The number of amides is 1. The Morgan fingerprint density at radius 1 is 1.23 bits per heavy atom. The van der Waals surface area contributed by atoms with E-state index in [2.05, 4.69) is 0 Å². The van der Waals surface area contributed by atoms with Crippen LogP contribution in [0.15, 0.2) is 0 Å². The second-order valence-corrected chi connectivity index (χ2v) is 4.24. The van der Waals surface area contributed by atoms with Crippen molar-refractivity contribution in [1.82, 2.24) is 0 Å². The van der Waals surface area contributed by atoms with Gasteiger partial charge in [0.15, 0.2) is 0 Å². The number of nitrogens with two attached hydrogens (primary N) is 1. The van der Waals surface area contributed by atoms with E-state index < -0.39 is 0 Å². The third kappa shape index (κ3) is 11.4. The van der Waals surface area contributed by atoms with Gasteiger partial charge in [0, 0.05) is 13.0 Å². The molecule has 0 unspecified atom stereocenters. The van der Waals surface area contributed by atoms with Crippen LogP contribution in [-0.4, -0.2) is 18.1 Å². The van der Waals surface area contributed by atoms with E-state index in [-0.39, 0.29) is 11.5 Å². The van der Waals surface area contributed by atoms with Crippen LogP contribution >= 0.6 is 0 Å². The average Bonchev–Trinajstić information content (AvgIpc) is 1.93. The number of unbranched alkanes of at least 4 members (excludes halogenated alkanes) is 2. The first kappa shape index (κ1) is 12.4. The lowest BCUT2D eigenvalue weighted by Crippen LogP contribution is -2.19. The summed E-state index contributed by atoms with van der Waals surface area (Å²) in [6.07, 6.45) is 3.39. The Kier molecular flexibility index (Phi) is 5.71. The molecule has 3 nitrogen and oxygen atoms in total. The van der Waals surface area contributed by atoms with Gasteiger partial charge in [-0.25, -0.2) is 0 Å². The van der Waals surface area contributed by atoms with Crippen LogP contribution in [0.25, 0.3) is 0 Å². The van der Waals surface area contributed by atoms with Gasteiger partial charge in [-0.2, -0.15) is 0 Å². The second-order valence-electron chi connectivity index (χ2n) is 4.24. The van der Waals surface area contributed by atoms with Crippen LogP contribution in [0.3, 0.4) is 0 Å². The minimum atomic E-state index is -0.211. The Labute approximate surface area is 80.6 Å². The van der Waals surface area contributed by atoms with Crippen molar-refractivity contribution in [3.63, 3.8) is 0 Å². The SMILES string of the molecule is CC(C)(C)OCCCCCC(N)=O. The van der Waals surface area contributed by atoms with Gasteiger partial charge in [0.05, 0.1) is 5.60 Å². The maximum atomic E-state index is 10.4. The number of carbonyl (C=O) groups excluding carboxylic acids is 1. The van der Waals surface area contributed by atoms with E-state index >= 15 is 0 Å². The molecular weight excluding hydrogens is 166 g/mol. The first-order valence-electron chi connectivity index (χ1n) is 4.84. The summed E-state index contributed by atoms with van der Waals surface area (Å²) in [6, 6.07) is 0. The van der Waals surface area contributed by atoms with Crippen molar-refractivity contribution in [2.45, 2.75) is 52.1 Å². The molecule has 1 amide bonds. The topological polar surface area (TPSA) is 52.3 Å². The molecule has 13 heavy (non-hydrogen) atoms. The van der Waals surface area contributed by atoms with Gasteiger partial charge < -0.3 is 10.5 Å².